The van der Waals surface area contributed by atoms with E-state index in [2.05, 4.69) is 5.10 Å². The summed E-state index contributed by atoms with van der Waals surface area (Å²) in [6.45, 7) is 10.9. The van der Waals surface area contributed by atoms with Gasteiger partial charge in [-0.3, -0.25) is 4.79 Å². The number of aromatic nitrogens is 2. The fourth-order valence-corrected chi connectivity index (χ4v) is 4.80. The summed E-state index contributed by atoms with van der Waals surface area (Å²) in [6.07, 6.45) is 3.07. The van der Waals surface area contributed by atoms with Crippen molar-refractivity contribution in [1.82, 2.24) is 9.78 Å². The molecule has 10 heteroatoms. The second kappa shape index (κ2) is 9.58. The molecule has 1 aromatic carbocycles. The highest BCUT2D eigenvalue weighted by atomic mass is 32.2. The first-order chi connectivity index (χ1) is 14.7. The van der Waals surface area contributed by atoms with E-state index in [1.54, 1.807) is 6.92 Å². The summed E-state index contributed by atoms with van der Waals surface area (Å²) in [5, 5.41) is 4.14. The number of carbonyl (C=O) groups excluding carboxylic acids is 1. The molecule has 1 heterocycles. The SMILES string of the molecule is CCCn1ncc(C(=O)c2ccc(S(C)(=O)=O)c(C(C)=C(C)C)c2C)c1OS(=O)(=O)CC. The maximum absolute atomic E-state index is 13.5. The van der Waals surface area contributed by atoms with Gasteiger partial charge < -0.3 is 4.18 Å². The number of rotatable bonds is 9. The quantitative estimate of drug-likeness (QED) is 0.395. The lowest BCUT2D eigenvalue weighted by Gasteiger charge is -2.17. The molecule has 0 saturated heterocycles. The number of ketones is 1. The molecule has 0 aliphatic carbocycles. The van der Waals surface area contributed by atoms with Crippen molar-refractivity contribution in [3.8, 4) is 5.88 Å². The molecule has 2 rings (SSSR count). The molecule has 0 fully saturated rings. The van der Waals surface area contributed by atoms with E-state index in [4.69, 9.17) is 4.18 Å². The van der Waals surface area contributed by atoms with E-state index in [1.807, 2.05) is 27.7 Å². The molecule has 0 bridgehead atoms. The Hall–Kier alpha value is -2.46. The van der Waals surface area contributed by atoms with Crippen LogP contribution in [0.2, 0.25) is 0 Å². The molecule has 0 unspecified atom stereocenters. The molecule has 0 atom stereocenters. The molecular weight excluding hydrogens is 452 g/mol. The van der Waals surface area contributed by atoms with E-state index < -0.39 is 25.7 Å². The lowest BCUT2D eigenvalue weighted by molar-refractivity contribution is 0.103. The van der Waals surface area contributed by atoms with Crippen LogP contribution in [0.3, 0.4) is 0 Å². The molecule has 1 aromatic heterocycles. The van der Waals surface area contributed by atoms with Crippen LogP contribution in [-0.2, 0) is 26.5 Å². The molecule has 176 valence electrons. The fraction of sp³-hybridized carbons (Fsp3) is 0.455. The summed E-state index contributed by atoms with van der Waals surface area (Å²) >= 11 is 0. The largest absolute Gasteiger partial charge is 0.361 e. The van der Waals surface area contributed by atoms with Gasteiger partial charge in [-0.2, -0.15) is 13.5 Å². The van der Waals surface area contributed by atoms with E-state index in [9.17, 15) is 21.6 Å². The smallest absolute Gasteiger partial charge is 0.310 e. The molecule has 0 N–H and O–H groups in total. The number of sulfone groups is 1. The van der Waals surface area contributed by atoms with Gasteiger partial charge in [-0.15, -0.1) is 0 Å². The Labute approximate surface area is 190 Å². The van der Waals surface area contributed by atoms with Crippen LogP contribution < -0.4 is 4.18 Å². The summed E-state index contributed by atoms with van der Waals surface area (Å²) in [5.74, 6) is -0.885. The molecule has 2 aromatic rings. The van der Waals surface area contributed by atoms with Crippen molar-refractivity contribution in [3.63, 3.8) is 0 Å². The highest BCUT2D eigenvalue weighted by Crippen LogP contribution is 2.33. The summed E-state index contributed by atoms with van der Waals surface area (Å²) in [7, 11) is -7.44. The number of aryl methyl sites for hydroxylation is 1. The van der Waals surface area contributed by atoms with Gasteiger partial charge in [0, 0.05) is 18.4 Å². The molecule has 0 spiro atoms. The molecule has 0 aliphatic rings. The molecule has 32 heavy (non-hydrogen) atoms. The third-order valence-electron chi connectivity index (χ3n) is 5.23. The highest BCUT2D eigenvalue weighted by molar-refractivity contribution is 7.90. The van der Waals surface area contributed by atoms with Crippen LogP contribution in [0.25, 0.3) is 5.57 Å². The highest BCUT2D eigenvalue weighted by Gasteiger charge is 2.27. The van der Waals surface area contributed by atoms with Gasteiger partial charge in [0.05, 0.1) is 16.8 Å². The van der Waals surface area contributed by atoms with Crippen molar-refractivity contribution in [2.75, 3.05) is 12.0 Å². The normalized spacial score (nSPS) is 12.0. The standard InChI is InChI=1S/C22H30N2O6S2/c1-8-12-24-22(30-32(28,29)9-2)18(13-23-24)21(25)17-10-11-19(31(7,26)27)20(16(17)6)15(5)14(3)4/h10-11,13H,8-9,12H2,1-7H3. The van der Waals surface area contributed by atoms with Gasteiger partial charge in [-0.05, 0) is 69.9 Å². The fourth-order valence-electron chi connectivity index (χ4n) is 3.27. The first-order valence-corrected chi connectivity index (χ1v) is 13.7. The molecule has 8 nitrogen and oxygen atoms in total. The van der Waals surface area contributed by atoms with Crippen molar-refractivity contribution in [2.45, 2.75) is 59.4 Å². The molecule has 0 amide bonds. The van der Waals surface area contributed by atoms with E-state index in [1.165, 1.54) is 29.9 Å². The second-order valence-corrected chi connectivity index (χ2v) is 11.7. The minimum Gasteiger partial charge on any atom is -0.361 e. The van der Waals surface area contributed by atoms with Crippen LogP contribution in [0.15, 0.2) is 28.8 Å². The van der Waals surface area contributed by atoms with Crippen LogP contribution in [0.5, 0.6) is 5.88 Å². The second-order valence-electron chi connectivity index (χ2n) is 7.85. The van der Waals surface area contributed by atoms with Crippen LogP contribution in [0, 0.1) is 6.92 Å². The number of benzene rings is 1. The van der Waals surface area contributed by atoms with E-state index in [0.29, 0.717) is 24.1 Å². The lowest BCUT2D eigenvalue weighted by atomic mass is 9.91. The van der Waals surface area contributed by atoms with Crippen molar-refractivity contribution < 1.29 is 25.8 Å². The van der Waals surface area contributed by atoms with Gasteiger partial charge >= 0.3 is 10.1 Å². The summed E-state index contributed by atoms with van der Waals surface area (Å²) in [6, 6.07) is 2.86. The van der Waals surface area contributed by atoms with Gasteiger partial charge in [0.1, 0.15) is 5.56 Å². The van der Waals surface area contributed by atoms with E-state index in [-0.39, 0.29) is 27.7 Å². The summed E-state index contributed by atoms with van der Waals surface area (Å²) in [5.41, 5.74) is 2.89. The molecule has 0 saturated carbocycles. The number of hydrogen-bond acceptors (Lipinski definition) is 7. The first-order valence-electron chi connectivity index (χ1n) is 10.3. The zero-order valence-electron chi connectivity index (χ0n) is 19.5. The minimum atomic E-state index is -3.89. The van der Waals surface area contributed by atoms with Gasteiger partial charge in [0.15, 0.2) is 15.6 Å². The number of hydrogen-bond donors (Lipinski definition) is 0. The monoisotopic (exact) mass is 482 g/mol. The Morgan fingerprint density at radius 1 is 1.06 bits per heavy atom. The topological polar surface area (TPSA) is 112 Å². The Balaban J connectivity index is 2.77. The molecular formula is C22H30N2O6S2. The Kier molecular flexibility index (Phi) is 7.72. The zero-order valence-corrected chi connectivity index (χ0v) is 21.1. The lowest BCUT2D eigenvalue weighted by Crippen LogP contribution is -2.17. The number of carbonyl (C=O) groups is 1. The summed E-state index contributed by atoms with van der Waals surface area (Å²) < 4.78 is 55.6. The maximum Gasteiger partial charge on any atom is 0.310 e. The Bertz CT molecular complexity index is 1280. The molecule has 0 aliphatic heterocycles. The predicted molar refractivity (Wildman–Crippen MR) is 124 cm³/mol. The Morgan fingerprint density at radius 3 is 2.19 bits per heavy atom. The average Bonchev–Trinajstić information content (AvgIpc) is 3.07. The van der Waals surface area contributed by atoms with Crippen LogP contribution in [-0.4, -0.2) is 44.4 Å². The first kappa shape index (κ1) is 25.8. The van der Waals surface area contributed by atoms with E-state index in [0.717, 1.165) is 17.4 Å². The molecule has 0 radical (unpaired) electrons. The van der Waals surface area contributed by atoms with Crippen molar-refractivity contribution in [3.05, 3.63) is 46.2 Å². The minimum absolute atomic E-state index is 0.00600. The third-order valence-corrected chi connectivity index (χ3v) is 7.48. The number of nitrogens with zero attached hydrogens (tertiary/aromatic N) is 2. The van der Waals surface area contributed by atoms with Crippen molar-refractivity contribution >= 4 is 31.3 Å². The third kappa shape index (κ3) is 5.29. The van der Waals surface area contributed by atoms with Gasteiger partial charge in [-0.25, -0.2) is 13.1 Å². The van der Waals surface area contributed by atoms with Gasteiger partial charge in [-0.1, -0.05) is 12.5 Å². The van der Waals surface area contributed by atoms with Crippen molar-refractivity contribution in [2.24, 2.45) is 0 Å². The van der Waals surface area contributed by atoms with Gasteiger partial charge in [0.25, 0.3) is 0 Å². The Morgan fingerprint density at radius 2 is 1.69 bits per heavy atom. The average molecular weight is 483 g/mol. The van der Waals surface area contributed by atoms with Gasteiger partial charge in [0.2, 0.25) is 5.88 Å². The van der Waals surface area contributed by atoms with Crippen LogP contribution in [0.1, 0.15) is 68.1 Å². The number of allylic oxidation sites excluding steroid dienone is 2. The maximum atomic E-state index is 13.5. The summed E-state index contributed by atoms with van der Waals surface area (Å²) in [4.78, 5) is 13.6. The van der Waals surface area contributed by atoms with Crippen molar-refractivity contribution in [1.29, 1.82) is 0 Å². The predicted octanol–water partition coefficient (Wildman–Crippen LogP) is 3.78. The van der Waals surface area contributed by atoms with E-state index >= 15 is 0 Å². The van der Waals surface area contributed by atoms with Crippen LogP contribution >= 0.6 is 0 Å². The van der Waals surface area contributed by atoms with Crippen LogP contribution in [0.4, 0.5) is 0 Å². The zero-order chi connectivity index (χ0) is 24.4.